The number of carbonyl (C=O) groups is 1. The Bertz CT molecular complexity index is 690. The largest absolute Gasteiger partial charge is 0.491 e. The van der Waals surface area contributed by atoms with Gasteiger partial charge in [-0.15, -0.1) is 0 Å². The van der Waals surface area contributed by atoms with E-state index in [1.54, 1.807) is 23.1 Å². The van der Waals surface area contributed by atoms with E-state index in [1.807, 2.05) is 6.07 Å². The van der Waals surface area contributed by atoms with Crippen LogP contribution in [0.25, 0.3) is 0 Å². The van der Waals surface area contributed by atoms with Crippen LogP contribution in [0.3, 0.4) is 0 Å². The van der Waals surface area contributed by atoms with E-state index in [1.165, 1.54) is 18.2 Å². The van der Waals surface area contributed by atoms with Gasteiger partial charge < -0.3 is 9.64 Å². The highest BCUT2D eigenvalue weighted by molar-refractivity contribution is 6.31. The Balaban J connectivity index is 1.89. The van der Waals surface area contributed by atoms with Gasteiger partial charge in [-0.1, -0.05) is 23.7 Å². The van der Waals surface area contributed by atoms with Crippen molar-refractivity contribution in [2.24, 2.45) is 0 Å². The van der Waals surface area contributed by atoms with Crippen molar-refractivity contribution in [1.82, 2.24) is 4.90 Å². The maximum Gasteiger partial charge on any atom is 0.258 e. The number of hydrogen-bond donors (Lipinski definition) is 0. The molecule has 2 aromatic carbocycles. The molecule has 108 valence electrons. The number of fused-ring (bicyclic) bond motifs is 1. The Hall–Kier alpha value is -2.07. The van der Waals surface area contributed by atoms with Crippen LogP contribution >= 0.6 is 11.6 Å². The first-order chi connectivity index (χ1) is 10.1. The molecule has 1 heterocycles. The summed E-state index contributed by atoms with van der Waals surface area (Å²) in [5, 5.41) is 0.447. The van der Waals surface area contributed by atoms with Crippen molar-refractivity contribution in [2.75, 3.05) is 13.2 Å². The van der Waals surface area contributed by atoms with Crippen LogP contribution in [0.1, 0.15) is 15.9 Å². The van der Waals surface area contributed by atoms with E-state index >= 15 is 0 Å². The average Bonchev–Trinajstić information content (AvgIpc) is 2.64. The van der Waals surface area contributed by atoms with E-state index in [0.29, 0.717) is 35.1 Å². The van der Waals surface area contributed by atoms with Gasteiger partial charge in [0.15, 0.2) is 0 Å². The molecule has 0 spiro atoms. The van der Waals surface area contributed by atoms with Crippen molar-refractivity contribution in [3.8, 4) is 5.75 Å². The van der Waals surface area contributed by atoms with Gasteiger partial charge in [0, 0.05) is 11.6 Å². The molecule has 21 heavy (non-hydrogen) atoms. The molecule has 0 fully saturated rings. The van der Waals surface area contributed by atoms with Gasteiger partial charge in [0.25, 0.3) is 5.91 Å². The number of ether oxygens (including phenoxy) is 1. The molecule has 1 amide bonds. The summed E-state index contributed by atoms with van der Waals surface area (Å²) in [7, 11) is 0. The third-order valence-electron chi connectivity index (χ3n) is 3.39. The lowest BCUT2D eigenvalue weighted by atomic mass is 10.1. The van der Waals surface area contributed by atoms with Gasteiger partial charge in [-0.2, -0.15) is 0 Å². The molecule has 1 aliphatic rings. The Morgan fingerprint density at radius 3 is 2.90 bits per heavy atom. The van der Waals surface area contributed by atoms with E-state index in [4.69, 9.17) is 16.3 Å². The summed E-state index contributed by atoms with van der Waals surface area (Å²) >= 11 is 6.07. The van der Waals surface area contributed by atoms with E-state index in [-0.39, 0.29) is 18.3 Å². The number of para-hydroxylation sites is 1. The van der Waals surface area contributed by atoms with Gasteiger partial charge in [0.2, 0.25) is 0 Å². The first kappa shape index (κ1) is 13.9. The first-order valence-electron chi connectivity index (χ1n) is 6.60. The maximum absolute atomic E-state index is 13.3. The Labute approximate surface area is 126 Å². The zero-order valence-corrected chi connectivity index (χ0v) is 11.9. The maximum atomic E-state index is 13.3. The van der Waals surface area contributed by atoms with Crippen LogP contribution in [-0.4, -0.2) is 24.0 Å². The topological polar surface area (TPSA) is 29.5 Å². The summed E-state index contributed by atoms with van der Waals surface area (Å²) < 4.78 is 18.9. The standard InChI is InChI=1S/C16H13ClFNO2/c17-14-6-5-12(18)9-11(14)10-19-7-8-21-15-4-2-1-3-13(15)16(19)20/h1-6,9H,7-8,10H2. The fourth-order valence-corrected chi connectivity index (χ4v) is 2.51. The van der Waals surface area contributed by atoms with Crippen LogP contribution in [0.15, 0.2) is 42.5 Å². The second-order valence-corrected chi connectivity index (χ2v) is 5.21. The molecule has 0 saturated carbocycles. The summed E-state index contributed by atoms with van der Waals surface area (Å²) in [4.78, 5) is 14.2. The number of nitrogens with zero attached hydrogens (tertiary/aromatic N) is 1. The summed E-state index contributed by atoms with van der Waals surface area (Å²) in [5.74, 6) is 0.0760. The van der Waals surface area contributed by atoms with Crippen molar-refractivity contribution in [2.45, 2.75) is 6.54 Å². The average molecular weight is 306 g/mol. The minimum absolute atomic E-state index is 0.136. The van der Waals surface area contributed by atoms with Crippen LogP contribution in [0.2, 0.25) is 5.02 Å². The monoisotopic (exact) mass is 305 g/mol. The molecule has 1 aliphatic heterocycles. The molecule has 5 heteroatoms. The van der Waals surface area contributed by atoms with E-state index < -0.39 is 0 Å². The first-order valence-corrected chi connectivity index (χ1v) is 6.98. The Morgan fingerprint density at radius 1 is 1.24 bits per heavy atom. The molecule has 0 N–H and O–H groups in total. The summed E-state index contributed by atoms with van der Waals surface area (Å²) in [6, 6.07) is 11.3. The lowest BCUT2D eigenvalue weighted by molar-refractivity contribution is 0.0743. The molecule has 0 aliphatic carbocycles. The highest BCUT2D eigenvalue weighted by Gasteiger charge is 2.23. The smallest absolute Gasteiger partial charge is 0.258 e. The van der Waals surface area contributed by atoms with Crippen molar-refractivity contribution >= 4 is 17.5 Å². The second-order valence-electron chi connectivity index (χ2n) is 4.81. The van der Waals surface area contributed by atoms with Gasteiger partial charge in [-0.05, 0) is 35.9 Å². The number of hydrogen-bond acceptors (Lipinski definition) is 2. The predicted molar refractivity (Wildman–Crippen MR) is 78.1 cm³/mol. The van der Waals surface area contributed by atoms with Crippen molar-refractivity contribution in [1.29, 1.82) is 0 Å². The van der Waals surface area contributed by atoms with Crippen LogP contribution in [-0.2, 0) is 6.54 Å². The normalized spacial score (nSPS) is 14.4. The number of amides is 1. The Kier molecular flexibility index (Phi) is 3.80. The van der Waals surface area contributed by atoms with Crippen molar-refractivity contribution < 1.29 is 13.9 Å². The van der Waals surface area contributed by atoms with Crippen molar-refractivity contribution in [3.05, 3.63) is 64.4 Å². The van der Waals surface area contributed by atoms with E-state index in [9.17, 15) is 9.18 Å². The molecule has 0 radical (unpaired) electrons. The molecule has 0 bridgehead atoms. The van der Waals surface area contributed by atoms with Crippen LogP contribution < -0.4 is 4.74 Å². The fraction of sp³-hybridized carbons (Fsp3) is 0.188. The molecular formula is C16H13ClFNO2. The number of carbonyl (C=O) groups excluding carboxylic acids is 1. The zero-order valence-electron chi connectivity index (χ0n) is 11.2. The fourth-order valence-electron chi connectivity index (χ4n) is 2.33. The van der Waals surface area contributed by atoms with Gasteiger partial charge in [0.05, 0.1) is 12.1 Å². The molecule has 0 atom stereocenters. The SMILES string of the molecule is O=C1c2ccccc2OCCN1Cc1cc(F)ccc1Cl. The number of halogens is 2. The van der Waals surface area contributed by atoms with Gasteiger partial charge in [0.1, 0.15) is 18.2 Å². The quantitative estimate of drug-likeness (QED) is 0.849. The van der Waals surface area contributed by atoms with Gasteiger partial charge >= 0.3 is 0 Å². The zero-order chi connectivity index (χ0) is 14.8. The lowest BCUT2D eigenvalue weighted by Crippen LogP contribution is -2.32. The van der Waals surface area contributed by atoms with Crippen LogP contribution in [0.5, 0.6) is 5.75 Å². The third-order valence-corrected chi connectivity index (χ3v) is 3.76. The van der Waals surface area contributed by atoms with Crippen LogP contribution in [0.4, 0.5) is 4.39 Å². The van der Waals surface area contributed by atoms with E-state index in [0.717, 1.165) is 0 Å². The molecule has 3 nitrogen and oxygen atoms in total. The second kappa shape index (κ2) is 5.74. The summed E-state index contributed by atoms with van der Waals surface area (Å²) in [6.07, 6.45) is 0. The highest BCUT2D eigenvalue weighted by atomic mass is 35.5. The molecule has 0 aromatic heterocycles. The molecular weight excluding hydrogens is 293 g/mol. The third kappa shape index (κ3) is 2.85. The molecule has 0 unspecified atom stereocenters. The lowest BCUT2D eigenvalue weighted by Gasteiger charge is -2.20. The number of benzene rings is 2. The Morgan fingerprint density at radius 2 is 2.05 bits per heavy atom. The number of rotatable bonds is 2. The predicted octanol–water partition coefficient (Wildman–Crippen LogP) is 3.51. The van der Waals surface area contributed by atoms with Crippen molar-refractivity contribution in [3.63, 3.8) is 0 Å². The molecule has 0 saturated heterocycles. The molecule has 2 aromatic rings. The minimum atomic E-state index is -0.367. The van der Waals surface area contributed by atoms with Crippen LogP contribution in [0, 0.1) is 5.82 Å². The van der Waals surface area contributed by atoms with Gasteiger partial charge in [-0.25, -0.2) is 4.39 Å². The summed E-state index contributed by atoms with van der Waals surface area (Å²) in [5.41, 5.74) is 1.10. The molecule has 3 rings (SSSR count). The van der Waals surface area contributed by atoms with Gasteiger partial charge in [-0.3, -0.25) is 4.79 Å². The summed E-state index contributed by atoms with van der Waals surface area (Å²) in [6.45, 7) is 1.09. The van der Waals surface area contributed by atoms with E-state index in [2.05, 4.69) is 0 Å². The minimum Gasteiger partial charge on any atom is -0.491 e. The highest BCUT2D eigenvalue weighted by Crippen LogP contribution is 2.25.